The van der Waals surface area contributed by atoms with Gasteiger partial charge in [-0.15, -0.1) is 11.3 Å². The molecule has 3 aromatic carbocycles. The molecular weight excluding hydrogens is 542 g/mol. The second-order valence-corrected chi connectivity index (χ2v) is 10.9. The van der Waals surface area contributed by atoms with Gasteiger partial charge in [0.15, 0.2) is 0 Å². The SMILES string of the molecule is CC(C)CNC(=O)c1ccc(-c2cc3c(cc2C(=O)Nc2ccc(C(N)=O)cc2)-c2sccc2CO3)c(C(=O)O)c1. The second-order valence-electron chi connectivity index (χ2n) is 10.0. The number of hydrogen-bond donors (Lipinski definition) is 4. The van der Waals surface area contributed by atoms with Crippen molar-refractivity contribution in [2.24, 2.45) is 11.7 Å². The molecule has 1 aliphatic rings. The highest BCUT2D eigenvalue weighted by atomic mass is 32.1. The van der Waals surface area contributed by atoms with E-state index < -0.39 is 17.8 Å². The molecule has 10 heteroatoms. The van der Waals surface area contributed by atoms with Crippen LogP contribution in [0.5, 0.6) is 5.75 Å². The third-order valence-corrected chi connectivity index (χ3v) is 7.63. The van der Waals surface area contributed by atoms with Crippen LogP contribution in [0.1, 0.15) is 60.8 Å². The first-order chi connectivity index (χ1) is 19.6. The molecule has 0 fully saturated rings. The standard InChI is InChI=1S/C31H27N3O6S/c1-16(2)14-33-29(36)18-5-8-21(24(11-18)31(38)39)22-13-26-25(27-19(15-40-26)9-10-41-27)12-23(22)30(37)34-20-6-3-17(4-7-20)28(32)35/h3-13,16H,14-15H2,1-2H3,(H2,32,35)(H,33,36)(H,34,37)(H,38,39). The van der Waals surface area contributed by atoms with Crippen molar-refractivity contribution in [1.29, 1.82) is 0 Å². The van der Waals surface area contributed by atoms with Crippen LogP contribution in [0.4, 0.5) is 5.69 Å². The highest BCUT2D eigenvalue weighted by molar-refractivity contribution is 7.13. The predicted molar refractivity (Wildman–Crippen MR) is 157 cm³/mol. The average molecular weight is 570 g/mol. The molecule has 0 radical (unpaired) electrons. The number of hydrogen-bond acceptors (Lipinski definition) is 6. The van der Waals surface area contributed by atoms with Crippen molar-refractivity contribution in [1.82, 2.24) is 5.32 Å². The second kappa shape index (κ2) is 11.3. The molecule has 3 amide bonds. The average Bonchev–Trinajstić information content (AvgIpc) is 3.44. The van der Waals surface area contributed by atoms with Gasteiger partial charge in [0.25, 0.3) is 11.8 Å². The maximum atomic E-state index is 13.7. The minimum absolute atomic E-state index is 0.130. The van der Waals surface area contributed by atoms with Gasteiger partial charge in [0.1, 0.15) is 12.4 Å². The van der Waals surface area contributed by atoms with Crippen LogP contribution in [0.15, 0.2) is 66.0 Å². The van der Waals surface area contributed by atoms with Crippen LogP contribution in [-0.4, -0.2) is 35.3 Å². The predicted octanol–water partition coefficient (Wildman–Crippen LogP) is 5.41. The highest BCUT2D eigenvalue weighted by Crippen LogP contribution is 2.45. The lowest BCUT2D eigenvalue weighted by Crippen LogP contribution is -2.27. The van der Waals surface area contributed by atoms with Crippen molar-refractivity contribution in [3.05, 3.63) is 93.9 Å². The summed E-state index contributed by atoms with van der Waals surface area (Å²) in [6, 6.07) is 15.8. The Bertz CT molecular complexity index is 1690. The van der Waals surface area contributed by atoms with Crippen molar-refractivity contribution in [2.75, 3.05) is 11.9 Å². The molecule has 9 nitrogen and oxygen atoms in total. The zero-order chi connectivity index (χ0) is 29.3. The Kier molecular flexibility index (Phi) is 7.58. The van der Waals surface area contributed by atoms with Gasteiger partial charge in [-0.1, -0.05) is 19.9 Å². The lowest BCUT2D eigenvalue weighted by Gasteiger charge is -2.22. The molecule has 41 heavy (non-hydrogen) atoms. The number of thiophene rings is 1. The molecule has 208 valence electrons. The Morgan fingerprint density at radius 1 is 0.902 bits per heavy atom. The molecule has 0 aliphatic carbocycles. The van der Waals surface area contributed by atoms with Crippen molar-refractivity contribution in [3.8, 4) is 27.3 Å². The number of rotatable bonds is 8. The number of nitrogens with two attached hydrogens (primary N) is 1. The number of carboxylic acids is 1. The van der Waals surface area contributed by atoms with Crippen LogP contribution in [0.3, 0.4) is 0 Å². The first-order valence-corrected chi connectivity index (χ1v) is 13.7. The molecule has 2 heterocycles. The molecule has 0 atom stereocenters. The first kappa shape index (κ1) is 27.6. The van der Waals surface area contributed by atoms with Gasteiger partial charge in [-0.3, -0.25) is 14.4 Å². The smallest absolute Gasteiger partial charge is 0.336 e. The zero-order valence-corrected chi connectivity index (χ0v) is 23.1. The lowest BCUT2D eigenvalue weighted by atomic mass is 9.90. The van der Waals surface area contributed by atoms with Crippen LogP contribution in [0.2, 0.25) is 0 Å². The number of aromatic carboxylic acids is 1. The zero-order valence-electron chi connectivity index (χ0n) is 22.3. The fourth-order valence-corrected chi connectivity index (χ4v) is 5.47. The summed E-state index contributed by atoms with van der Waals surface area (Å²) < 4.78 is 6.00. The van der Waals surface area contributed by atoms with E-state index in [1.54, 1.807) is 30.3 Å². The van der Waals surface area contributed by atoms with Crippen molar-refractivity contribution in [2.45, 2.75) is 20.5 Å². The van der Waals surface area contributed by atoms with Crippen LogP contribution >= 0.6 is 11.3 Å². The van der Waals surface area contributed by atoms with Crippen molar-refractivity contribution < 1.29 is 29.0 Å². The summed E-state index contributed by atoms with van der Waals surface area (Å²) in [5.41, 5.74) is 8.63. The van der Waals surface area contributed by atoms with Gasteiger partial charge in [0.05, 0.1) is 5.56 Å². The van der Waals surface area contributed by atoms with Crippen molar-refractivity contribution in [3.63, 3.8) is 0 Å². The summed E-state index contributed by atoms with van der Waals surface area (Å²) in [4.78, 5) is 51.2. The normalized spacial score (nSPS) is 11.7. The van der Waals surface area contributed by atoms with E-state index >= 15 is 0 Å². The van der Waals surface area contributed by atoms with E-state index in [0.29, 0.717) is 35.7 Å². The monoisotopic (exact) mass is 569 g/mol. The molecule has 0 saturated carbocycles. The Morgan fingerprint density at radius 2 is 1.63 bits per heavy atom. The number of benzene rings is 3. The molecular formula is C31H27N3O6S. The van der Waals surface area contributed by atoms with Crippen molar-refractivity contribution >= 4 is 40.7 Å². The summed E-state index contributed by atoms with van der Waals surface area (Å²) in [7, 11) is 0. The minimum atomic E-state index is -1.24. The molecule has 1 aromatic heterocycles. The van der Waals surface area contributed by atoms with Crippen LogP contribution < -0.4 is 21.1 Å². The number of carbonyl (C=O) groups excluding carboxylic acids is 3. The topological polar surface area (TPSA) is 148 Å². The van der Waals surface area contributed by atoms with Crippen LogP contribution in [-0.2, 0) is 6.61 Å². The van der Waals surface area contributed by atoms with Gasteiger partial charge in [0.2, 0.25) is 5.91 Å². The number of fused-ring (bicyclic) bond motifs is 3. The fourth-order valence-electron chi connectivity index (χ4n) is 4.54. The molecule has 0 bridgehead atoms. The van der Waals surface area contributed by atoms with E-state index in [4.69, 9.17) is 10.5 Å². The summed E-state index contributed by atoms with van der Waals surface area (Å²) >= 11 is 1.52. The third kappa shape index (κ3) is 5.68. The van der Waals surface area contributed by atoms with E-state index in [-0.39, 0.29) is 34.1 Å². The molecule has 1 aliphatic heterocycles. The summed E-state index contributed by atoms with van der Waals surface area (Å²) in [5.74, 6) is -1.96. The number of anilines is 1. The highest BCUT2D eigenvalue weighted by Gasteiger charge is 2.26. The maximum Gasteiger partial charge on any atom is 0.336 e. The summed E-state index contributed by atoms with van der Waals surface area (Å²) in [6.45, 7) is 4.72. The maximum absolute atomic E-state index is 13.7. The van der Waals surface area contributed by atoms with E-state index in [9.17, 15) is 24.3 Å². The van der Waals surface area contributed by atoms with E-state index in [1.807, 2.05) is 25.3 Å². The minimum Gasteiger partial charge on any atom is -0.488 e. The number of carboxylic acid groups (broad SMARTS) is 1. The summed E-state index contributed by atoms with van der Waals surface area (Å²) in [5, 5.41) is 17.7. The molecule has 5 N–H and O–H groups in total. The van der Waals surface area contributed by atoms with Crippen LogP contribution in [0.25, 0.3) is 21.6 Å². The third-order valence-electron chi connectivity index (χ3n) is 6.64. The van der Waals surface area contributed by atoms with E-state index in [0.717, 1.165) is 16.0 Å². The quantitative estimate of drug-likeness (QED) is 0.223. The molecule has 0 unspecified atom stereocenters. The Hall–Kier alpha value is -4.96. The number of amides is 3. The first-order valence-electron chi connectivity index (χ1n) is 12.9. The number of nitrogens with one attached hydrogen (secondary N) is 2. The van der Waals surface area contributed by atoms with Gasteiger partial charge in [0, 0.05) is 44.9 Å². The lowest BCUT2D eigenvalue weighted by molar-refractivity contribution is 0.0697. The number of primary amides is 1. The molecule has 0 saturated heterocycles. The Morgan fingerprint density at radius 3 is 2.32 bits per heavy atom. The Balaban J connectivity index is 1.61. The fraction of sp³-hybridized carbons (Fsp3) is 0.161. The molecule has 4 aromatic rings. The molecule has 0 spiro atoms. The van der Waals surface area contributed by atoms with Gasteiger partial charge >= 0.3 is 5.97 Å². The van der Waals surface area contributed by atoms with Gasteiger partial charge in [-0.05, 0) is 77.0 Å². The summed E-state index contributed by atoms with van der Waals surface area (Å²) in [6.07, 6.45) is 0. The van der Waals surface area contributed by atoms with Gasteiger partial charge in [-0.2, -0.15) is 0 Å². The van der Waals surface area contributed by atoms with E-state index in [1.165, 1.54) is 35.6 Å². The number of ether oxygens (including phenoxy) is 1. The van der Waals surface area contributed by atoms with Gasteiger partial charge < -0.3 is 26.2 Å². The van der Waals surface area contributed by atoms with E-state index in [2.05, 4.69) is 10.6 Å². The molecule has 5 rings (SSSR count). The number of carbonyl (C=O) groups is 4. The largest absolute Gasteiger partial charge is 0.488 e. The van der Waals surface area contributed by atoms with Crippen LogP contribution in [0, 0.1) is 5.92 Å². The van der Waals surface area contributed by atoms with Gasteiger partial charge in [-0.25, -0.2) is 4.79 Å². The Labute approximate surface area is 240 Å².